The van der Waals surface area contributed by atoms with Crippen molar-refractivity contribution < 1.29 is 4.79 Å². The van der Waals surface area contributed by atoms with Gasteiger partial charge in [-0.3, -0.25) is 19.6 Å². The Hall–Kier alpha value is -2.87. The molecular weight excluding hydrogens is 392 g/mol. The molecule has 2 heterocycles. The lowest BCUT2D eigenvalue weighted by molar-refractivity contribution is -0.124. The number of nitrogen functional groups attached to an aromatic ring is 1. The molecule has 1 atom stereocenters. The minimum atomic E-state index is -0.601. The van der Waals surface area contributed by atoms with Crippen LogP contribution in [0.5, 0.6) is 0 Å². The van der Waals surface area contributed by atoms with E-state index in [1.165, 1.54) is 4.57 Å². The fraction of sp³-hybridized carbons (Fsp3) is 0.400. The summed E-state index contributed by atoms with van der Waals surface area (Å²) in [5.74, 6) is 0.000604. The number of nitrogens with zero attached hydrogens (tertiary/aromatic N) is 2. The van der Waals surface area contributed by atoms with Crippen molar-refractivity contribution in [3.8, 4) is 0 Å². The number of carbonyl (C=O) groups excluding carboxylic acids is 1. The van der Waals surface area contributed by atoms with E-state index in [4.69, 9.17) is 22.7 Å². The van der Waals surface area contributed by atoms with Crippen LogP contribution in [0, 0.1) is 5.41 Å². The highest BCUT2D eigenvalue weighted by Crippen LogP contribution is 2.30. The Morgan fingerprint density at radius 2 is 2.00 bits per heavy atom. The summed E-state index contributed by atoms with van der Waals surface area (Å²) in [6, 6.07) is 6.75. The van der Waals surface area contributed by atoms with Gasteiger partial charge in [-0.1, -0.05) is 35.9 Å². The number of fused-ring (bicyclic) bond motifs is 1. The van der Waals surface area contributed by atoms with Gasteiger partial charge in [0.1, 0.15) is 11.9 Å². The van der Waals surface area contributed by atoms with E-state index in [0.717, 1.165) is 24.8 Å². The minimum absolute atomic E-state index is 0.000624. The van der Waals surface area contributed by atoms with Crippen LogP contribution < -0.4 is 21.9 Å². The van der Waals surface area contributed by atoms with Crippen molar-refractivity contribution in [3.05, 3.63) is 56.6 Å². The van der Waals surface area contributed by atoms with Gasteiger partial charge in [-0.05, 0) is 37.7 Å². The summed E-state index contributed by atoms with van der Waals surface area (Å²) in [5, 5.41) is 13.8. The lowest BCUT2D eigenvalue weighted by Crippen LogP contribution is -2.38. The maximum Gasteiger partial charge on any atom is 0.294 e. The van der Waals surface area contributed by atoms with Crippen LogP contribution in [-0.4, -0.2) is 27.3 Å². The Morgan fingerprint density at radius 3 is 2.62 bits per heavy atom. The van der Waals surface area contributed by atoms with Crippen molar-refractivity contribution in [2.24, 2.45) is 5.73 Å². The standard InChI is InChI=1S/C20H23ClN6O2/c21-16-14-8-9-15(27(14)20(29)18(26-16)25-13-2-1-3-13)19(28)24-10-11-4-6-12(7-5-11)17(22)23/h4-7,13,15H,1-3,8-10H2,(H3,22,23)(H,24,28)(H,25,26)/t15-/m0/s1. The van der Waals surface area contributed by atoms with Crippen molar-refractivity contribution >= 4 is 29.2 Å². The predicted molar refractivity (Wildman–Crippen MR) is 111 cm³/mol. The number of nitrogens with two attached hydrogens (primary N) is 1. The molecule has 152 valence electrons. The SMILES string of the molecule is N=C(N)c1ccc(CNC(=O)[C@@H]2CCc3c(Cl)nc(NC4CCC4)c(=O)n32)cc1. The molecule has 2 aromatic rings. The average molecular weight is 415 g/mol. The fourth-order valence-corrected chi connectivity index (χ4v) is 3.97. The van der Waals surface area contributed by atoms with Crippen molar-refractivity contribution in [2.75, 3.05) is 5.32 Å². The zero-order valence-electron chi connectivity index (χ0n) is 15.9. The molecule has 1 saturated carbocycles. The summed E-state index contributed by atoms with van der Waals surface area (Å²) in [4.78, 5) is 30.0. The molecular formula is C20H23ClN6O2. The molecule has 2 aliphatic rings. The van der Waals surface area contributed by atoms with Crippen LogP contribution in [0.15, 0.2) is 29.1 Å². The van der Waals surface area contributed by atoms with Crippen LogP contribution in [0.4, 0.5) is 5.82 Å². The molecule has 1 aliphatic carbocycles. The largest absolute Gasteiger partial charge is 0.384 e. The van der Waals surface area contributed by atoms with Gasteiger partial charge in [-0.15, -0.1) is 0 Å². The van der Waals surface area contributed by atoms with Crippen LogP contribution >= 0.6 is 11.6 Å². The molecule has 0 spiro atoms. The molecule has 1 amide bonds. The fourth-order valence-electron chi connectivity index (χ4n) is 3.70. The van der Waals surface area contributed by atoms with E-state index >= 15 is 0 Å². The second kappa shape index (κ2) is 7.87. The third kappa shape index (κ3) is 3.85. The van der Waals surface area contributed by atoms with E-state index in [0.29, 0.717) is 30.6 Å². The predicted octanol–water partition coefficient (Wildman–Crippen LogP) is 1.95. The first-order valence-corrected chi connectivity index (χ1v) is 10.1. The second-order valence-electron chi connectivity index (χ2n) is 7.53. The van der Waals surface area contributed by atoms with Crippen LogP contribution in [0.2, 0.25) is 5.15 Å². The normalized spacial score (nSPS) is 18.0. The van der Waals surface area contributed by atoms with E-state index in [1.54, 1.807) is 12.1 Å². The Morgan fingerprint density at radius 1 is 1.28 bits per heavy atom. The summed E-state index contributed by atoms with van der Waals surface area (Å²) in [6.07, 6.45) is 4.20. The summed E-state index contributed by atoms with van der Waals surface area (Å²) in [6.45, 7) is 0.323. The van der Waals surface area contributed by atoms with Crippen molar-refractivity contribution in [1.82, 2.24) is 14.9 Å². The highest BCUT2D eigenvalue weighted by atomic mass is 35.5. The van der Waals surface area contributed by atoms with E-state index < -0.39 is 6.04 Å². The summed E-state index contributed by atoms with van der Waals surface area (Å²) in [5.41, 5.74) is 7.29. The zero-order chi connectivity index (χ0) is 20.5. The first-order valence-electron chi connectivity index (χ1n) is 9.72. The average Bonchev–Trinajstić information content (AvgIpc) is 3.12. The van der Waals surface area contributed by atoms with E-state index in [-0.39, 0.29) is 34.3 Å². The van der Waals surface area contributed by atoms with Crippen molar-refractivity contribution in [2.45, 2.75) is 50.7 Å². The van der Waals surface area contributed by atoms with Crippen LogP contribution in [0.3, 0.4) is 0 Å². The number of anilines is 1. The van der Waals surface area contributed by atoms with E-state index in [1.807, 2.05) is 12.1 Å². The zero-order valence-corrected chi connectivity index (χ0v) is 16.6. The molecule has 1 aromatic heterocycles. The van der Waals surface area contributed by atoms with Crippen molar-refractivity contribution in [3.63, 3.8) is 0 Å². The Balaban J connectivity index is 1.49. The second-order valence-corrected chi connectivity index (χ2v) is 7.89. The number of nitrogens with one attached hydrogen (secondary N) is 3. The van der Waals surface area contributed by atoms with Crippen molar-refractivity contribution in [1.29, 1.82) is 5.41 Å². The molecule has 29 heavy (non-hydrogen) atoms. The Bertz CT molecular complexity index is 1010. The topological polar surface area (TPSA) is 126 Å². The van der Waals surface area contributed by atoms with Gasteiger partial charge in [0.05, 0.1) is 5.69 Å². The number of halogens is 1. The molecule has 8 nitrogen and oxygen atoms in total. The smallest absolute Gasteiger partial charge is 0.294 e. The van der Waals surface area contributed by atoms with Gasteiger partial charge in [0.15, 0.2) is 11.0 Å². The molecule has 5 N–H and O–H groups in total. The summed E-state index contributed by atoms with van der Waals surface area (Å²) in [7, 11) is 0. The molecule has 0 saturated heterocycles. The first kappa shape index (κ1) is 19.4. The number of aromatic nitrogens is 2. The van der Waals surface area contributed by atoms with E-state index in [9.17, 15) is 9.59 Å². The highest BCUT2D eigenvalue weighted by Gasteiger charge is 2.33. The van der Waals surface area contributed by atoms with Gasteiger partial charge >= 0.3 is 0 Å². The summed E-state index contributed by atoms with van der Waals surface area (Å²) < 4.78 is 1.49. The number of benzene rings is 1. The Labute approximate surface area is 173 Å². The third-order valence-corrected chi connectivity index (χ3v) is 5.91. The maximum atomic E-state index is 12.9. The van der Waals surface area contributed by atoms with E-state index in [2.05, 4.69) is 15.6 Å². The lowest BCUT2D eigenvalue weighted by atomic mass is 9.93. The monoisotopic (exact) mass is 414 g/mol. The van der Waals surface area contributed by atoms with Gasteiger partial charge in [0, 0.05) is 18.2 Å². The molecule has 1 aliphatic heterocycles. The number of carbonyl (C=O) groups is 1. The van der Waals surface area contributed by atoms with Gasteiger partial charge in [-0.2, -0.15) is 0 Å². The quantitative estimate of drug-likeness (QED) is 0.424. The van der Waals surface area contributed by atoms with Crippen LogP contribution in [0.25, 0.3) is 0 Å². The molecule has 0 unspecified atom stereocenters. The molecule has 0 bridgehead atoms. The molecule has 0 radical (unpaired) electrons. The summed E-state index contributed by atoms with van der Waals surface area (Å²) >= 11 is 6.30. The van der Waals surface area contributed by atoms with Gasteiger partial charge in [0.25, 0.3) is 5.56 Å². The number of rotatable bonds is 6. The number of hydrogen-bond acceptors (Lipinski definition) is 5. The van der Waals surface area contributed by atoms with Crippen LogP contribution in [0.1, 0.15) is 48.5 Å². The molecule has 1 fully saturated rings. The highest BCUT2D eigenvalue weighted by molar-refractivity contribution is 6.30. The maximum absolute atomic E-state index is 12.9. The molecule has 9 heteroatoms. The number of hydrogen-bond donors (Lipinski definition) is 4. The molecule has 1 aromatic carbocycles. The van der Waals surface area contributed by atoms with Gasteiger partial charge in [0.2, 0.25) is 5.91 Å². The lowest BCUT2D eigenvalue weighted by Gasteiger charge is -2.27. The van der Waals surface area contributed by atoms with Crippen LogP contribution in [-0.2, 0) is 17.8 Å². The first-order chi connectivity index (χ1) is 13.9. The Kier molecular flexibility index (Phi) is 5.27. The van der Waals surface area contributed by atoms with Gasteiger partial charge < -0.3 is 16.4 Å². The third-order valence-electron chi connectivity index (χ3n) is 5.61. The van der Waals surface area contributed by atoms with Gasteiger partial charge in [-0.25, -0.2) is 4.98 Å². The minimum Gasteiger partial charge on any atom is -0.384 e. The molecule has 4 rings (SSSR count). The number of amidine groups is 1. The number of amides is 1.